The average molecular weight is 328 g/mol. The van der Waals surface area contributed by atoms with Crippen LogP contribution in [-0.4, -0.2) is 22.2 Å². The van der Waals surface area contributed by atoms with Crippen LogP contribution >= 0.6 is 0 Å². The van der Waals surface area contributed by atoms with Crippen molar-refractivity contribution in [1.29, 1.82) is 0 Å². The minimum absolute atomic E-state index is 0.355. The van der Waals surface area contributed by atoms with Crippen LogP contribution in [0.2, 0.25) is 0 Å². The van der Waals surface area contributed by atoms with Crippen LogP contribution in [0.5, 0.6) is 0 Å². The van der Waals surface area contributed by atoms with Gasteiger partial charge in [0.25, 0.3) is 0 Å². The van der Waals surface area contributed by atoms with Gasteiger partial charge >= 0.3 is 11.9 Å². The van der Waals surface area contributed by atoms with E-state index in [1.165, 1.54) is 0 Å². The fourth-order valence-corrected chi connectivity index (χ4v) is 2.48. The molecular formula is C20H24O4. The molecule has 0 aliphatic heterocycles. The maximum Gasteiger partial charge on any atom is 0.310 e. The summed E-state index contributed by atoms with van der Waals surface area (Å²) in [5.41, 5.74) is 1.76. The molecule has 0 saturated carbocycles. The number of carboxylic acid groups (broad SMARTS) is 2. The molecule has 2 rings (SSSR count). The Balaban J connectivity index is 0.000000240. The lowest BCUT2D eigenvalue weighted by atomic mass is 9.97. The first-order valence-corrected chi connectivity index (χ1v) is 8.06. The Morgan fingerprint density at radius 2 is 1.00 bits per heavy atom. The van der Waals surface area contributed by atoms with E-state index in [2.05, 4.69) is 0 Å². The lowest BCUT2D eigenvalue weighted by Crippen LogP contribution is -2.09. The first-order valence-electron chi connectivity index (χ1n) is 8.06. The van der Waals surface area contributed by atoms with Crippen molar-refractivity contribution in [2.45, 2.75) is 38.5 Å². The van der Waals surface area contributed by atoms with E-state index in [4.69, 9.17) is 10.2 Å². The van der Waals surface area contributed by atoms with Gasteiger partial charge in [0.15, 0.2) is 0 Å². The molecule has 2 aromatic carbocycles. The Kier molecular flexibility index (Phi) is 8.26. The van der Waals surface area contributed by atoms with Gasteiger partial charge in [0, 0.05) is 0 Å². The van der Waals surface area contributed by atoms with Crippen LogP contribution in [0.1, 0.15) is 49.7 Å². The van der Waals surface area contributed by atoms with E-state index in [1.807, 2.05) is 74.5 Å². The van der Waals surface area contributed by atoms with E-state index in [1.54, 1.807) is 0 Å². The summed E-state index contributed by atoms with van der Waals surface area (Å²) in [6, 6.07) is 18.6. The highest BCUT2D eigenvalue weighted by atomic mass is 16.4. The molecule has 2 atom stereocenters. The van der Waals surface area contributed by atoms with Crippen molar-refractivity contribution in [1.82, 2.24) is 0 Å². The molecule has 4 heteroatoms. The Morgan fingerprint density at radius 3 is 1.21 bits per heavy atom. The largest absolute Gasteiger partial charge is 0.481 e. The highest BCUT2D eigenvalue weighted by molar-refractivity contribution is 5.76. The summed E-state index contributed by atoms with van der Waals surface area (Å²) >= 11 is 0. The Labute approximate surface area is 142 Å². The van der Waals surface area contributed by atoms with Gasteiger partial charge in [-0.15, -0.1) is 0 Å². The fraction of sp³-hybridized carbons (Fsp3) is 0.300. The molecule has 0 fully saturated rings. The zero-order valence-corrected chi connectivity index (χ0v) is 14.1. The molecule has 0 radical (unpaired) electrons. The van der Waals surface area contributed by atoms with Gasteiger partial charge in [-0.1, -0.05) is 74.5 Å². The van der Waals surface area contributed by atoms with Gasteiger partial charge in [-0.25, -0.2) is 0 Å². The minimum atomic E-state index is -0.747. The zero-order chi connectivity index (χ0) is 17.9. The van der Waals surface area contributed by atoms with Crippen molar-refractivity contribution in [2.75, 3.05) is 0 Å². The van der Waals surface area contributed by atoms with Gasteiger partial charge in [0.2, 0.25) is 0 Å². The quantitative estimate of drug-likeness (QED) is 0.817. The predicted molar refractivity (Wildman–Crippen MR) is 94.2 cm³/mol. The number of hydrogen-bond donors (Lipinski definition) is 2. The van der Waals surface area contributed by atoms with Crippen LogP contribution in [0.4, 0.5) is 0 Å². The number of carboxylic acids is 2. The van der Waals surface area contributed by atoms with Crippen molar-refractivity contribution < 1.29 is 19.8 Å². The summed E-state index contributed by atoms with van der Waals surface area (Å²) < 4.78 is 0. The molecule has 0 aliphatic carbocycles. The van der Waals surface area contributed by atoms with Crippen LogP contribution in [0, 0.1) is 0 Å². The smallest absolute Gasteiger partial charge is 0.310 e. The van der Waals surface area contributed by atoms with Crippen molar-refractivity contribution in [3.63, 3.8) is 0 Å². The van der Waals surface area contributed by atoms with Gasteiger partial charge in [-0.3, -0.25) is 9.59 Å². The second kappa shape index (κ2) is 10.2. The van der Waals surface area contributed by atoms with Crippen molar-refractivity contribution in [2.24, 2.45) is 0 Å². The number of rotatable bonds is 6. The topological polar surface area (TPSA) is 74.6 Å². The molecule has 0 aliphatic rings. The molecule has 0 bridgehead atoms. The lowest BCUT2D eigenvalue weighted by molar-refractivity contribution is -0.139. The molecule has 0 aromatic heterocycles. The van der Waals surface area contributed by atoms with Gasteiger partial charge in [-0.2, -0.15) is 0 Å². The Morgan fingerprint density at radius 1 is 0.708 bits per heavy atom. The van der Waals surface area contributed by atoms with Gasteiger partial charge in [0.1, 0.15) is 0 Å². The summed E-state index contributed by atoms with van der Waals surface area (Å²) in [7, 11) is 0. The molecule has 2 N–H and O–H groups in total. The molecule has 2 aromatic rings. The lowest BCUT2D eigenvalue weighted by Gasteiger charge is -2.08. The molecule has 24 heavy (non-hydrogen) atoms. The van der Waals surface area contributed by atoms with Crippen LogP contribution < -0.4 is 0 Å². The van der Waals surface area contributed by atoms with Gasteiger partial charge in [0.05, 0.1) is 11.8 Å². The number of hydrogen-bond acceptors (Lipinski definition) is 2. The average Bonchev–Trinajstić information content (AvgIpc) is 2.58. The van der Waals surface area contributed by atoms with Crippen LogP contribution in [-0.2, 0) is 9.59 Å². The van der Waals surface area contributed by atoms with Crippen LogP contribution in [0.3, 0.4) is 0 Å². The number of benzene rings is 2. The maximum absolute atomic E-state index is 10.7. The highest BCUT2D eigenvalue weighted by Crippen LogP contribution is 2.19. The third-order valence-corrected chi connectivity index (χ3v) is 3.82. The molecule has 0 spiro atoms. The molecule has 0 heterocycles. The fourth-order valence-electron chi connectivity index (χ4n) is 2.48. The van der Waals surface area contributed by atoms with Crippen molar-refractivity contribution in [3.8, 4) is 0 Å². The Bertz CT molecular complexity index is 565. The predicted octanol–water partition coefficient (Wildman–Crippen LogP) is 4.53. The van der Waals surface area contributed by atoms with E-state index in [0.717, 1.165) is 11.1 Å². The van der Waals surface area contributed by atoms with Crippen molar-refractivity contribution >= 4 is 11.9 Å². The van der Waals surface area contributed by atoms with E-state index in [9.17, 15) is 9.59 Å². The first-order chi connectivity index (χ1) is 11.5. The molecule has 2 unspecified atom stereocenters. The van der Waals surface area contributed by atoms with E-state index in [0.29, 0.717) is 12.8 Å². The van der Waals surface area contributed by atoms with E-state index in [-0.39, 0.29) is 11.8 Å². The maximum atomic E-state index is 10.7. The highest BCUT2D eigenvalue weighted by Gasteiger charge is 2.16. The van der Waals surface area contributed by atoms with Crippen LogP contribution in [0.15, 0.2) is 60.7 Å². The zero-order valence-electron chi connectivity index (χ0n) is 14.1. The van der Waals surface area contributed by atoms with Crippen LogP contribution in [0.25, 0.3) is 0 Å². The molecule has 0 saturated heterocycles. The summed E-state index contributed by atoms with van der Waals surface area (Å²) in [6.07, 6.45) is 1.28. The SMILES string of the molecule is CCC(C(=O)O)c1ccccc1.CCC(C(=O)O)c1ccccc1. The van der Waals surface area contributed by atoms with Gasteiger partial charge < -0.3 is 10.2 Å². The number of aliphatic carboxylic acids is 2. The summed E-state index contributed by atoms with van der Waals surface area (Å²) in [4.78, 5) is 21.5. The summed E-state index contributed by atoms with van der Waals surface area (Å²) in [6.45, 7) is 3.76. The molecular weight excluding hydrogens is 304 g/mol. The monoisotopic (exact) mass is 328 g/mol. The summed E-state index contributed by atoms with van der Waals surface area (Å²) in [5, 5.41) is 17.7. The number of carbonyl (C=O) groups is 2. The summed E-state index contributed by atoms with van der Waals surface area (Å²) in [5.74, 6) is -2.20. The second-order valence-electron chi connectivity index (χ2n) is 5.42. The molecule has 0 amide bonds. The van der Waals surface area contributed by atoms with Crippen molar-refractivity contribution in [3.05, 3.63) is 71.8 Å². The third-order valence-electron chi connectivity index (χ3n) is 3.82. The second-order valence-corrected chi connectivity index (χ2v) is 5.42. The minimum Gasteiger partial charge on any atom is -0.481 e. The van der Waals surface area contributed by atoms with E-state index < -0.39 is 11.9 Å². The normalized spacial score (nSPS) is 12.4. The molecule has 128 valence electrons. The van der Waals surface area contributed by atoms with Gasteiger partial charge in [-0.05, 0) is 24.0 Å². The first kappa shape index (κ1) is 19.4. The molecule has 4 nitrogen and oxygen atoms in total. The standard InChI is InChI=1S/2C10H12O2/c2*1-2-9(10(11)12)8-6-4-3-5-7-8/h2*3-7,9H,2H2,1H3,(H,11,12). The Hall–Kier alpha value is -2.62. The third kappa shape index (κ3) is 5.88. The van der Waals surface area contributed by atoms with E-state index >= 15 is 0 Å².